The lowest BCUT2D eigenvalue weighted by molar-refractivity contribution is 0.0694. The summed E-state index contributed by atoms with van der Waals surface area (Å²) < 4.78 is 26.5. The van der Waals surface area contributed by atoms with Crippen LogP contribution in [0.15, 0.2) is 18.2 Å². The Labute approximate surface area is 124 Å². The first-order valence-electron chi connectivity index (χ1n) is 7.69. The van der Waals surface area contributed by atoms with Gasteiger partial charge in [-0.3, -0.25) is 4.90 Å². The number of hydrogen-bond donors (Lipinski definition) is 1. The average Bonchev–Trinajstić information content (AvgIpc) is 3.25. The number of rotatable bonds is 5. The fourth-order valence-corrected chi connectivity index (χ4v) is 2.93. The molecule has 1 aromatic rings. The number of piperazine rings is 1. The third-order valence-corrected chi connectivity index (χ3v) is 4.43. The minimum atomic E-state index is -0.902. The molecule has 3 nitrogen and oxygen atoms in total. The van der Waals surface area contributed by atoms with E-state index in [1.165, 1.54) is 31.5 Å². The van der Waals surface area contributed by atoms with Gasteiger partial charge in [0.25, 0.3) is 0 Å². The van der Waals surface area contributed by atoms with Crippen LogP contribution in [0.25, 0.3) is 0 Å². The smallest absolute Gasteiger partial charge is 0.131 e. The van der Waals surface area contributed by atoms with Gasteiger partial charge in [0.2, 0.25) is 0 Å². The predicted molar refractivity (Wildman–Crippen MR) is 76.9 cm³/mol. The largest absolute Gasteiger partial charge is 0.387 e. The van der Waals surface area contributed by atoms with Gasteiger partial charge in [0.15, 0.2) is 0 Å². The Morgan fingerprint density at radius 3 is 2.38 bits per heavy atom. The van der Waals surface area contributed by atoms with Gasteiger partial charge in [0, 0.05) is 50.9 Å². The van der Waals surface area contributed by atoms with Crippen LogP contribution >= 0.6 is 0 Å². The van der Waals surface area contributed by atoms with Crippen molar-refractivity contribution in [3.8, 4) is 0 Å². The zero-order chi connectivity index (χ0) is 14.8. The van der Waals surface area contributed by atoms with E-state index in [9.17, 15) is 13.9 Å². The van der Waals surface area contributed by atoms with Crippen molar-refractivity contribution in [1.82, 2.24) is 9.80 Å². The van der Waals surface area contributed by atoms with Gasteiger partial charge < -0.3 is 10.0 Å². The molecule has 1 unspecified atom stereocenters. The van der Waals surface area contributed by atoms with Gasteiger partial charge in [-0.15, -0.1) is 0 Å². The zero-order valence-corrected chi connectivity index (χ0v) is 12.1. The second-order valence-corrected chi connectivity index (χ2v) is 6.23. The minimum absolute atomic E-state index is 0.178. The van der Waals surface area contributed by atoms with Gasteiger partial charge in [0.1, 0.15) is 11.6 Å². The molecule has 1 heterocycles. The van der Waals surface area contributed by atoms with Crippen LogP contribution in [0.2, 0.25) is 0 Å². The maximum absolute atomic E-state index is 13.6. The van der Waals surface area contributed by atoms with E-state index in [0.29, 0.717) is 6.54 Å². The molecule has 2 aliphatic rings. The highest BCUT2D eigenvalue weighted by atomic mass is 19.1. The maximum Gasteiger partial charge on any atom is 0.131 e. The summed E-state index contributed by atoms with van der Waals surface area (Å²) >= 11 is 0. The summed E-state index contributed by atoms with van der Waals surface area (Å²) in [4.78, 5) is 4.62. The molecule has 0 bridgehead atoms. The Balaban J connectivity index is 1.49. The summed E-state index contributed by atoms with van der Waals surface area (Å²) in [6.07, 6.45) is 1.83. The molecule has 21 heavy (non-hydrogen) atoms. The summed E-state index contributed by atoms with van der Waals surface area (Å²) in [5, 5.41) is 10.1. The Hall–Kier alpha value is -1.04. The first kappa shape index (κ1) is 14.9. The van der Waals surface area contributed by atoms with Crippen LogP contribution in [0, 0.1) is 17.6 Å². The number of β-amino-alcohol motifs (C(OH)–C–C–N with tert-alkyl or cyclic N) is 1. The maximum atomic E-state index is 13.6. The standard InChI is InChI=1S/C16H22F2N2O/c17-13-3-4-14(15(18)9-13)16(21)11-20-7-5-19(6-8-20)10-12-1-2-12/h3-4,9,12,16,21H,1-2,5-8,10-11H2. The number of benzene rings is 1. The van der Waals surface area contributed by atoms with E-state index in [2.05, 4.69) is 9.80 Å². The lowest BCUT2D eigenvalue weighted by Crippen LogP contribution is -2.48. The van der Waals surface area contributed by atoms with Crippen LogP contribution in [-0.4, -0.2) is 54.2 Å². The topological polar surface area (TPSA) is 26.7 Å². The van der Waals surface area contributed by atoms with Crippen molar-refractivity contribution in [3.05, 3.63) is 35.4 Å². The van der Waals surface area contributed by atoms with Crippen molar-refractivity contribution in [2.45, 2.75) is 18.9 Å². The highest BCUT2D eigenvalue weighted by molar-refractivity contribution is 5.21. The van der Waals surface area contributed by atoms with E-state index >= 15 is 0 Å². The zero-order valence-electron chi connectivity index (χ0n) is 12.1. The molecule has 1 aliphatic heterocycles. The molecule has 1 N–H and O–H groups in total. The second kappa shape index (κ2) is 6.38. The number of hydrogen-bond acceptors (Lipinski definition) is 3. The minimum Gasteiger partial charge on any atom is -0.387 e. The Kier molecular flexibility index (Phi) is 4.52. The molecule has 0 spiro atoms. The Morgan fingerprint density at radius 1 is 1.10 bits per heavy atom. The van der Waals surface area contributed by atoms with Gasteiger partial charge in [-0.25, -0.2) is 8.78 Å². The van der Waals surface area contributed by atoms with Crippen LogP contribution in [-0.2, 0) is 0 Å². The quantitative estimate of drug-likeness (QED) is 0.900. The molecule has 0 amide bonds. The first-order chi connectivity index (χ1) is 10.1. The normalized spacial score (nSPS) is 22.4. The molecule has 116 valence electrons. The summed E-state index contributed by atoms with van der Waals surface area (Å²) in [5.41, 5.74) is 0.178. The fourth-order valence-electron chi connectivity index (χ4n) is 2.93. The van der Waals surface area contributed by atoms with Gasteiger partial charge in [-0.1, -0.05) is 6.07 Å². The summed E-state index contributed by atoms with van der Waals surface area (Å²) in [6, 6.07) is 3.35. The van der Waals surface area contributed by atoms with Gasteiger partial charge in [-0.2, -0.15) is 0 Å². The molecule has 1 atom stereocenters. The molecule has 3 rings (SSSR count). The van der Waals surface area contributed by atoms with Gasteiger partial charge in [-0.05, 0) is 24.8 Å². The molecular formula is C16H22F2N2O. The molecule has 1 aliphatic carbocycles. The molecule has 0 aromatic heterocycles. The van der Waals surface area contributed by atoms with Crippen molar-refractivity contribution in [3.63, 3.8) is 0 Å². The summed E-state index contributed by atoms with van der Waals surface area (Å²) in [6.45, 7) is 5.41. The molecule has 1 saturated carbocycles. The third kappa shape index (κ3) is 3.99. The number of aliphatic hydroxyl groups excluding tert-OH is 1. The molecule has 1 aromatic carbocycles. The average molecular weight is 296 g/mol. The lowest BCUT2D eigenvalue weighted by Gasteiger charge is -2.35. The third-order valence-electron chi connectivity index (χ3n) is 4.43. The van der Waals surface area contributed by atoms with Gasteiger partial charge in [0.05, 0.1) is 6.10 Å². The summed E-state index contributed by atoms with van der Waals surface area (Å²) in [5.74, 6) is -0.387. The van der Waals surface area contributed by atoms with Crippen molar-refractivity contribution in [2.24, 2.45) is 5.92 Å². The van der Waals surface area contributed by atoms with Crippen LogP contribution in [0.5, 0.6) is 0 Å². The predicted octanol–water partition coefficient (Wildman–Crippen LogP) is 2.03. The van der Waals surface area contributed by atoms with E-state index in [1.54, 1.807) is 0 Å². The Bertz CT molecular complexity index is 485. The number of aliphatic hydroxyl groups is 1. The monoisotopic (exact) mass is 296 g/mol. The van der Waals surface area contributed by atoms with Crippen molar-refractivity contribution >= 4 is 0 Å². The highest BCUT2D eigenvalue weighted by Crippen LogP contribution is 2.30. The van der Waals surface area contributed by atoms with Crippen molar-refractivity contribution in [2.75, 3.05) is 39.3 Å². The highest BCUT2D eigenvalue weighted by Gasteiger charge is 2.27. The SMILES string of the molecule is OC(CN1CCN(CC2CC2)CC1)c1ccc(F)cc1F. The molecule has 0 radical (unpaired) electrons. The van der Waals surface area contributed by atoms with Crippen molar-refractivity contribution in [1.29, 1.82) is 0 Å². The lowest BCUT2D eigenvalue weighted by atomic mass is 10.1. The van der Waals surface area contributed by atoms with Crippen molar-refractivity contribution < 1.29 is 13.9 Å². The van der Waals surface area contributed by atoms with Crippen LogP contribution in [0.4, 0.5) is 8.78 Å². The number of nitrogens with zero attached hydrogens (tertiary/aromatic N) is 2. The van der Waals surface area contributed by atoms with Crippen LogP contribution in [0.1, 0.15) is 24.5 Å². The first-order valence-corrected chi connectivity index (χ1v) is 7.69. The Morgan fingerprint density at radius 2 is 1.76 bits per heavy atom. The fraction of sp³-hybridized carbons (Fsp3) is 0.625. The van der Waals surface area contributed by atoms with E-state index in [-0.39, 0.29) is 5.56 Å². The summed E-state index contributed by atoms with van der Waals surface area (Å²) in [7, 11) is 0. The molecule has 1 saturated heterocycles. The molecule has 2 fully saturated rings. The van der Waals surface area contributed by atoms with E-state index in [4.69, 9.17) is 0 Å². The second-order valence-electron chi connectivity index (χ2n) is 6.23. The molecular weight excluding hydrogens is 274 g/mol. The van der Waals surface area contributed by atoms with Gasteiger partial charge >= 0.3 is 0 Å². The molecule has 5 heteroatoms. The van der Waals surface area contributed by atoms with Crippen LogP contribution in [0.3, 0.4) is 0 Å². The van der Waals surface area contributed by atoms with Crippen LogP contribution < -0.4 is 0 Å². The number of halogens is 2. The van der Waals surface area contributed by atoms with E-state index in [1.807, 2.05) is 0 Å². The van der Waals surface area contributed by atoms with E-state index < -0.39 is 17.7 Å². The van der Waals surface area contributed by atoms with E-state index in [0.717, 1.165) is 38.2 Å².